The van der Waals surface area contributed by atoms with E-state index in [2.05, 4.69) is 0 Å². The molecular formula is C10H9NaO3. The molecule has 2 aliphatic rings. The van der Waals surface area contributed by atoms with Crippen molar-refractivity contribution in [3.63, 3.8) is 0 Å². The number of hydrogen-bond donors (Lipinski definition) is 1. The molecule has 0 atom stereocenters. The van der Waals surface area contributed by atoms with Gasteiger partial charge in [-0.3, -0.25) is 0 Å². The fraction of sp³-hybridized carbons (Fsp3) is 0.300. The maximum atomic E-state index is 10.7. The van der Waals surface area contributed by atoms with Crippen LogP contribution in [0.2, 0.25) is 0 Å². The smallest absolute Gasteiger partial charge is 0.547 e. The Labute approximate surface area is 104 Å². The summed E-state index contributed by atoms with van der Waals surface area (Å²) >= 11 is 0. The Hall–Kier alpha value is -0.350. The quantitative estimate of drug-likeness (QED) is 0.474. The van der Waals surface area contributed by atoms with Crippen LogP contribution in [-0.2, 0) is 17.6 Å². The van der Waals surface area contributed by atoms with Gasteiger partial charge in [0.15, 0.2) is 0 Å². The maximum absolute atomic E-state index is 10.7. The van der Waals surface area contributed by atoms with Crippen LogP contribution >= 0.6 is 0 Å². The normalized spacial score (nSPS) is 16.9. The van der Waals surface area contributed by atoms with Gasteiger partial charge in [0.25, 0.3) is 0 Å². The van der Waals surface area contributed by atoms with E-state index in [1.165, 1.54) is 0 Å². The fourth-order valence-electron chi connectivity index (χ4n) is 1.66. The predicted octanol–water partition coefficient (Wildman–Crippen LogP) is -3.73. The van der Waals surface area contributed by atoms with Crippen molar-refractivity contribution in [2.75, 3.05) is 0 Å². The number of carbonyl (C=O) groups is 1. The third kappa shape index (κ3) is 2.01. The van der Waals surface area contributed by atoms with Gasteiger partial charge < -0.3 is 15.0 Å². The first-order valence-electron chi connectivity index (χ1n) is 4.12. The molecule has 68 valence electrons. The number of rotatable bonds is 1. The summed E-state index contributed by atoms with van der Waals surface area (Å²) in [4.78, 5) is 10.7. The number of aliphatic hydroxyl groups is 1. The molecule has 2 aliphatic carbocycles. The van der Waals surface area contributed by atoms with E-state index in [0.717, 1.165) is 11.1 Å². The van der Waals surface area contributed by atoms with Crippen molar-refractivity contribution in [3.8, 4) is 0 Å². The van der Waals surface area contributed by atoms with E-state index in [0.29, 0.717) is 0 Å². The molecule has 1 N–H and O–H groups in total. The van der Waals surface area contributed by atoms with Gasteiger partial charge in [-0.05, 0) is 11.1 Å². The second-order valence-electron chi connectivity index (χ2n) is 3.49. The summed E-state index contributed by atoms with van der Waals surface area (Å²) in [6.07, 6.45) is 0.262. The van der Waals surface area contributed by atoms with Gasteiger partial charge in [-0.15, -0.1) is 0 Å². The number of benzene rings is 1. The summed E-state index contributed by atoms with van der Waals surface area (Å²) in [6.45, 7) is 0. The maximum Gasteiger partial charge on any atom is 1.00 e. The number of carbonyl (C=O) groups excluding carboxylic acids is 1. The molecule has 3 nitrogen and oxygen atoms in total. The Morgan fingerprint density at radius 1 is 1.21 bits per heavy atom. The molecule has 0 amide bonds. The number of carboxylic acid groups (broad SMARTS) is 1. The van der Waals surface area contributed by atoms with Crippen LogP contribution in [0.3, 0.4) is 0 Å². The Balaban J connectivity index is 0.000000980. The van der Waals surface area contributed by atoms with Crippen molar-refractivity contribution in [1.82, 2.24) is 0 Å². The molecule has 3 rings (SSSR count). The van der Waals surface area contributed by atoms with E-state index < -0.39 is 11.6 Å². The average molecular weight is 200 g/mol. The molecule has 0 fully saturated rings. The zero-order valence-electron chi connectivity index (χ0n) is 7.99. The summed E-state index contributed by atoms with van der Waals surface area (Å²) in [7, 11) is 0. The minimum atomic E-state index is -1.72. The molecule has 0 aromatic heterocycles. The van der Waals surface area contributed by atoms with E-state index in [1.54, 1.807) is 0 Å². The molecular weight excluding hydrogens is 191 g/mol. The third-order valence-electron chi connectivity index (χ3n) is 2.40. The fourth-order valence-corrected chi connectivity index (χ4v) is 1.66. The van der Waals surface area contributed by atoms with E-state index in [1.807, 2.05) is 24.3 Å². The first-order chi connectivity index (χ1) is 6.10. The van der Waals surface area contributed by atoms with Crippen LogP contribution in [0.25, 0.3) is 0 Å². The topological polar surface area (TPSA) is 60.4 Å². The molecule has 1 aromatic rings. The van der Waals surface area contributed by atoms with Gasteiger partial charge in [-0.25, -0.2) is 0 Å². The van der Waals surface area contributed by atoms with Crippen molar-refractivity contribution in [3.05, 3.63) is 35.4 Å². The van der Waals surface area contributed by atoms with Crippen LogP contribution in [0, 0.1) is 0 Å². The molecule has 0 heterocycles. The van der Waals surface area contributed by atoms with Crippen molar-refractivity contribution in [1.29, 1.82) is 0 Å². The number of aliphatic carboxylic acids is 1. The van der Waals surface area contributed by atoms with Crippen LogP contribution in [0.4, 0.5) is 0 Å². The number of fused-ring (bicyclic) bond motifs is 4. The van der Waals surface area contributed by atoms with E-state index in [9.17, 15) is 15.0 Å². The van der Waals surface area contributed by atoms with Gasteiger partial charge in [0.05, 0.1) is 5.97 Å². The molecule has 2 bridgehead atoms. The average Bonchev–Trinajstić information content (AvgIpc) is 2.32. The van der Waals surface area contributed by atoms with E-state index in [4.69, 9.17) is 0 Å². The largest absolute Gasteiger partial charge is 1.00 e. The molecule has 14 heavy (non-hydrogen) atoms. The second kappa shape index (κ2) is 4.03. The van der Waals surface area contributed by atoms with Crippen molar-refractivity contribution in [2.24, 2.45) is 0 Å². The van der Waals surface area contributed by atoms with Crippen LogP contribution in [0.5, 0.6) is 0 Å². The van der Waals surface area contributed by atoms with Crippen LogP contribution in [0.15, 0.2) is 24.3 Å². The summed E-state index contributed by atoms with van der Waals surface area (Å²) in [5.41, 5.74) is -0.0709. The molecule has 1 aromatic carbocycles. The summed E-state index contributed by atoms with van der Waals surface area (Å²) in [5.74, 6) is -1.39. The van der Waals surface area contributed by atoms with Gasteiger partial charge in [-0.1, -0.05) is 24.3 Å². The first kappa shape index (κ1) is 11.7. The third-order valence-corrected chi connectivity index (χ3v) is 2.40. The van der Waals surface area contributed by atoms with E-state index >= 15 is 0 Å². The van der Waals surface area contributed by atoms with Crippen LogP contribution in [0.1, 0.15) is 11.1 Å². The Morgan fingerprint density at radius 3 is 1.86 bits per heavy atom. The van der Waals surface area contributed by atoms with Crippen LogP contribution in [-0.4, -0.2) is 16.7 Å². The SMILES string of the molecule is O=C([O-])C1(O)Cc2ccc(cc2)C1.[Na+]. The van der Waals surface area contributed by atoms with Crippen molar-refractivity contribution < 1.29 is 44.6 Å². The molecule has 0 saturated heterocycles. The predicted molar refractivity (Wildman–Crippen MR) is 43.8 cm³/mol. The molecule has 0 unspecified atom stereocenters. The minimum absolute atomic E-state index is 0. The van der Waals surface area contributed by atoms with Gasteiger partial charge in [0.1, 0.15) is 5.60 Å². The monoisotopic (exact) mass is 200 g/mol. The summed E-state index contributed by atoms with van der Waals surface area (Å²) in [6, 6.07) is 7.32. The van der Waals surface area contributed by atoms with Crippen molar-refractivity contribution >= 4 is 5.97 Å². The molecule has 4 heteroatoms. The second-order valence-corrected chi connectivity index (χ2v) is 3.49. The Kier molecular flexibility index (Phi) is 3.37. The van der Waals surface area contributed by atoms with Gasteiger partial charge >= 0.3 is 29.6 Å². The first-order valence-corrected chi connectivity index (χ1v) is 4.12. The molecule has 0 spiro atoms. The zero-order valence-corrected chi connectivity index (χ0v) is 9.99. The standard InChI is InChI=1S/C10H10O3.Na/c11-9(12)10(13)5-7-1-2-8(6-10)4-3-7;/h1-4,13H,5-6H2,(H,11,12);/q;+1/p-1. The molecule has 0 aliphatic heterocycles. The van der Waals surface area contributed by atoms with Gasteiger partial charge in [0, 0.05) is 12.8 Å². The molecule has 0 radical (unpaired) electrons. The minimum Gasteiger partial charge on any atom is -0.547 e. The number of carboxylic acids is 1. The van der Waals surface area contributed by atoms with Gasteiger partial charge in [0.2, 0.25) is 0 Å². The van der Waals surface area contributed by atoms with Crippen LogP contribution < -0.4 is 34.7 Å². The summed E-state index contributed by atoms with van der Waals surface area (Å²) in [5, 5.41) is 20.4. The van der Waals surface area contributed by atoms with Gasteiger partial charge in [-0.2, -0.15) is 0 Å². The van der Waals surface area contributed by atoms with Crippen molar-refractivity contribution in [2.45, 2.75) is 18.4 Å². The summed E-state index contributed by atoms with van der Waals surface area (Å²) < 4.78 is 0. The Bertz CT molecular complexity index is 320. The Morgan fingerprint density at radius 2 is 1.57 bits per heavy atom. The zero-order chi connectivity index (χ0) is 9.47. The number of hydrogen-bond acceptors (Lipinski definition) is 3. The molecule has 0 saturated carbocycles. The van der Waals surface area contributed by atoms with E-state index in [-0.39, 0.29) is 42.4 Å².